The van der Waals surface area contributed by atoms with Crippen molar-refractivity contribution in [1.82, 2.24) is 25.0 Å². The van der Waals surface area contributed by atoms with Gasteiger partial charge in [-0.2, -0.15) is 5.10 Å². The fourth-order valence-electron chi connectivity index (χ4n) is 3.64. The topological polar surface area (TPSA) is 65.1 Å². The number of likely N-dealkylation sites (N-methyl/N-ethyl adjacent to an activating group) is 1. The molecule has 0 aliphatic carbocycles. The number of pyridine rings is 1. The molecule has 1 saturated heterocycles. The first-order valence-electron chi connectivity index (χ1n) is 9.55. The van der Waals surface area contributed by atoms with E-state index in [1.807, 2.05) is 24.7 Å². The quantitative estimate of drug-likeness (QED) is 0.728. The molecule has 1 N–H and O–H groups in total. The fourth-order valence-corrected chi connectivity index (χ4v) is 3.64. The van der Waals surface area contributed by atoms with Crippen molar-refractivity contribution >= 4 is 16.6 Å². The predicted molar refractivity (Wildman–Crippen MR) is 107 cm³/mol. The second kappa shape index (κ2) is 7.98. The Morgan fingerprint density at radius 3 is 2.59 bits per heavy atom. The van der Waals surface area contributed by atoms with Gasteiger partial charge in [-0.05, 0) is 29.6 Å². The van der Waals surface area contributed by atoms with Crippen LogP contribution < -0.4 is 0 Å². The number of carbonyl (C=O) groups excluding carboxylic acids is 1. The van der Waals surface area contributed by atoms with E-state index in [0.717, 1.165) is 60.3 Å². The number of fused-ring (bicyclic) bond motifs is 1. The lowest BCUT2D eigenvalue weighted by atomic mass is 10.0. The van der Waals surface area contributed by atoms with Gasteiger partial charge in [0, 0.05) is 55.2 Å². The number of aromatic nitrogens is 3. The van der Waals surface area contributed by atoms with Crippen LogP contribution in [0.1, 0.15) is 12.6 Å². The van der Waals surface area contributed by atoms with Gasteiger partial charge in [0.1, 0.15) is 0 Å². The van der Waals surface area contributed by atoms with Crippen LogP contribution in [0.25, 0.3) is 21.9 Å². The highest BCUT2D eigenvalue weighted by Crippen LogP contribution is 2.23. The van der Waals surface area contributed by atoms with Crippen LogP contribution in [0.5, 0.6) is 0 Å². The SMILES string of the molecule is CCN1CCN(CC(=O)Cc2cc3cc(-c4cn[nH]c4)ccc3cn2)CC1. The molecule has 0 unspecified atom stereocenters. The Hall–Kier alpha value is -2.57. The number of hydrogen-bond acceptors (Lipinski definition) is 5. The second-order valence-electron chi connectivity index (χ2n) is 7.15. The van der Waals surface area contributed by atoms with Crippen molar-refractivity contribution in [3.05, 3.63) is 48.5 Å². The van der Waals surface area contributed by atoms with Gasteiger partial charge in [-0.15, -0.1) is 0 Å². The zero-order valence-electron chi connectivity index (χ0n) is 15.7. The van der Waals surface area contributed by atoms with Gasteiger partial charge in [0.25, 0.3) is 0 Å². The molecule has 3 heterocycles. The lowest BCUT2D eigenvalue weighted by molar-refractivity contribution is -0.120. The molecule has 3 aromatic rings. The Morgan fingerprint density at radius 2 is 1.85 bits per heavy atom. The molecule has 1 aliphatic heterocycles. The van der Waals surface area contributed by atoms with Crippen LogP contribution in [-0.4, -0.2) is 70.0 Å². The summed E-state index contributed by atoms with van der Waals surface area (Å²) in [6.07, 6.45) is 5.94. The molecular formula is C21H25N5O. The van der Waals surface area contributed by atoms with Crippen molar-refractivity contribution in [3.63, 3.8) is 0 Å². The zero-order valence-corrected chi connectivity index (χ0v) is 15.7. The van der Waals surface area contributed by atoms with Crippen molar-refractivity contribution in [2.24, 2.45) is 0 Å². The fraction of sp³-hybridized carbons (Fsp3) is 0.381. The number of nitrogens with zero attached hydrogens (tertiary/aromatic N) is 4. The molecule has 27 heavy (non-hydrogen) atoms. The smallest absolute Gasteiger partial charge is 0.152 e. The summed E-state index contributed by atoms with van der Waals surface area (Å²) in [4.78, 5) is 21.7. The summed E-state index contributed by atoms with van der Waals surface area (Å²) >= 11 is 0. The molecule has 6 nitrogen and oxygen atoms in total. The average Bonchev–Trinajstić information content (AvgIpc) is 3.23. The van der Waals surface area contributed by atoms with Gasteiger partial charge < -0.3 is 4.90 Å². The van der Waals surface area contributed by atoms with E-state index in [1.165, 1.54) is 0 Å². The number of aromatic amines is 1. The van der Waals surface area contributed by atoms with Gasteiger partial charge in [-0.3, -0.25) is 19.8 Å². The molecule has 1 fully saturated rings. The molecule has 140 valence electrons. The molecule has 0 radical (unpaired) electrons. The third-order valence-electron chi connectivity index (χ3n) is 5.30. The van der Waals surface area contributed by atoms with Crippen LogP contribution in [0.15, 0.2) is 42.9 Å². The number of rotatable bonds is 6. The van der Waals surface area contributed by atoms with Gasteiger partial charge in [0.2, 0.25) is 0 Å². The maximum absolute atomic E-state index is 12.5. The Labute approximate surface area is 159 Å². The highest BCUT2D eigenvalue weighted by molar-refractivity contribution is 5.88. The van der Waals surface area contributed by atoms with E-state index in [-0.39, 0.29) is 5.78 Å². The maximum atomic E-state index is 12.5. The number of H-pyrrole nitrogens is 1. The summed E-state index contributed by atoms with van der Waals surface area (Å²) in [5, 5.41) is 9.03. The molecule has 1 aliphatic rings. The minimum absolute atomic E-state index is 0.234. The molecule has 1 aromatic carbocycles. The van der Waals surface area contributed by atoms with Crippen molar-refractivity contribution in [1.29, 1.82) is 0 Å². The standard InChI is InChI=1S/C21H25N5O/c1-2-25-5-7-26(8-6-25)15-21(27)11-20-10-18-9-16(19-13-23-24-14-19)3-4-17(18)12-22-20/h3-4,9-10,12-14H,2,5-8,11,15H2,1H3,(H,23,24). The normalized spacial score (nSPS) is 16.0. The Bertz CT molecular complexity index is 913. The van der Waals surface area contributed by atoms with Gasteiger partial charge >= 0.3 is 0 Å². The van der Waals surface area contributed by atoms with Crippen molar-refractivity contribution in [2.45, 2.75) is 13.3 Å². The Morgan fingerprint density at radius 1 is 1.04 bits per heavy atom. The van der Waals surface area contributed by atoms with Crippen LogP contribution in [0, 0.1) is 0 Å². The van der Waals surface area contributed by atoms with E-state index in [1.54, 1.807) is 0 Å². The summed E-state index contributed by atoms with van der Waals surface area (Å²) in [6, 6.07) is 8.28. The van der Waals surface area contributed by atoms with Gasteiger partial charge in [0.15, 0.2) is 5.78 Å². The third-order valence-corrected chi connectivity index (χ3v) is 5.30. The first-order chi connectivity index (χ1) is 13.2. The van der Waals surface area contributed by atoms with Crippen LogP contribution >= 0.6 is 0 Å². The highest BCUT2D eigenvalue weighted by atomic mass is 16.1. The third kappa shape index (κ3) is 4.23. The molecule has 6 heteroatoms. The molecule has 0 atom stereocenters. The van der Waals surface area contributed by atoms with Gasteiger partial charge in [0.05, 0.1) is 19.2 Å². The van der Waals surface area contributed by atoms with Gasteiger partial charge in [-0.25, -0.2) is 0 Å². The monoisotopic (exact) mass is 363 g/mol. The lowest BCUT2D eigenvalue weighted by Gasteiger charge is -2.33. The summed E-state index contributed by atoms with van der Waals surface area (Å²) < 4.78 is 0. The Balaban J connectivity index is 1.43. The van der Waals surface area contributed by atoms with Crippen LogP contribution in [0.4, 0.5) is 0 Å². The number of benzene rings is 1. The average molecular weight is 363 g/mol. The first-order valence-corrected chi connectivity index (χ1v) is 9.55. The van der Waals surface area contributed by atoms with E-state index < -0.39 is 0 Å². The highest BCUT2D eigenvalue weighted by Gasteiger charge is 2.18. The number of ketones is 1. The van der Waals surface area contributed by atoms with E-state index in [9.17, 15) is 4.79 Å². The first kappa shape index (κ1) is 17.8. The number of Topliss-reactive ketones (excluding diaryl/α,β-unsaturated/α-hetero) is 1. The molecule has 4 rings (SSSR count). The molecule has 2 aromatic heterocycles. The molecule has 0 saturated carbocycles. The number of carbonyl (C=O) groups is 1. The number of nitrogens with one attached hydrogen (secondary N) is 1. The van der Waals surface area contributed by atoms with Crippen LogP contribution in [0.3, 0.4) is 0 Å². The molecule has 0 bridgehead atoms. The van der Waals surface area contributed by atoms with Crippen LogP contribution in [-0.2, 0) is 11.2 Å². The summed E-state index contributed by atoms with van der Waals surface area (Å²) in [5.41, 5.74) is 3.00. The predicted octanol–water partition coefficient (Wildman–Crippen LogP) is 2.37. The van der Waals surface area contributed by atoms with E-state index >= 15 is 0 Å². The molecule has 0 amide bonds. The molecule has 0 spiro atoms. The van der Waals surface area contributed by atoms with E-state index in [2.05, 4.69) is 50.1 Å². The van der Waals surface area contributed by atoms with Crippen molar-refractivity contribution in [2.75, 3.05) is 39.3 Å². The lowest BCUT2D eigenvalue weighted by Crippen LogP contribution is -2.47. The summed E-state index contributed by atoms with van der Waals surface area (Å²) in [5.74, 6) is 0.234. The minimum Gasteiger partial charge on any atom is -0.301 e. The summed E-state index contributed by atoms with van der Waals surface area (Å²) in [7, 11) is 0. The van der Waals surface area contributed by atoms with Gasteiger partial charge in [-0.1, -0.05) is 19.1 Å². The number of hydrogen-bond donors (Lipinski definition) is 1. The largest absolute Gasteiger partial charge is 0.301 e. The second-order valence-corrected chi connectivity index (χ2v) is 7.15. The zero-order chi connectivity index (χ0) is 18.6. The van der Waals surface area contributed by atoms with Crippen molar-refractivity contribution < 1.29 is 4.79 Å². The number of piperazine rings is 1. The molecular weight excluding hydrogens is 338 g/mol. The van der Waals surface area contributed by atoms with Crippen molar-refractivity contribution in [3.8, 4) is 11.1 Å². The Kier molecular flexibility index (Phi) is 5.27. The minimum atomic E-state index is 0.234. The maximum Gasteiger partial charge on any atom is 0.152 e. The van der Waals surface area contributed by atoms with E-state index in [0.29, 0.717) is 13.0 Å². The van der Waals surface area contributed by atoms with Crippen LogP contribution in [0.2, 0.25) is 0 Å². The summed E-state index contributed by atoms with van der Waals surface area (Å²) in [6.45, 7) is 7.83. The van der Waals surface area contributed by atoms with E-state index in [4.69, 9.17) is 0 Å².